The minimum atomic E-state index is -1.47. The van der Waals surface area contributed by atoms with E-state index in [2.05, 4.69) is 0 Å². The van der Waals surface area contributed by atoms with E-state index in [4.69, 9.17) is 44.1 Å². The Morgan fingerprint density at radius 2 is 1.48 bits per heavy atom. The van der Waals surface area contributed by atoms with Crippen molar-refractivity contribution in [3.05, 3.63) is 65.7 Å². The fraction of sp³-hybridized carbons (Fsp3) is 0.235. The van der Waals surface area contributed by atoms with Crippen LogP contribution in [0.25, 0.3) is 0 Å². The van der Waals surface area contributed by atoms with Gasteiger partial charge in [-0.15, -0.1) is 0 Å². The van der Waals surface area contributed by atoms with Crippen LogP contribution in [0.2, 0.25) is 10.0 Å². The van der Waals surface area contributed by atoms with E-state index in [9.17, 15) is 30.1 Å². The zero-order chi connectivity index (χ0) is 23.3. The predicted octanol–water partition coefficient (Wildman–Crippen LogP) is 2.71. The first-order valence-electron chi connectivity index (χ1n) is 8.47. The normalized spacial score (nSPS) is 11.6. The lowest BCUT2D eigenvalue weighted by Crippen LogP contribution is -2.12. The second-order valence-corrected chi connectivity index (χ2v) is 6.79. The predicted molar refractivity (Wildman–Crippen MR) is 109 cm³/mol. The zero-order valence-corrected chi connectivity index (χ0v) is 17.1. The maximum atomic E-state index is 11.3. The van der Waals surface area contributed by atoms with Crippen molar-refractivity contribution in [3.8, 4) is 11.5 Å². The fourth-order valence-electron chi connectivity index (χ4n) is 2.40. The molecule has 0 spiro atoms. The maximum absolute atomic E-state index is 11.3. The molecule has 0 aliphatic rings. The molecule has 0 fully saturated rings. The third kappa shape index (κ3) is 5.92. The van der Waals surface area contributed by atoms with Gasteiger partial charge in [0, 0.05) is 29.7 Å². The second-order valence-electron chi connectivity index (χ2n) is 6.03. The number of nitrogens with two attached hydrogens (primary N) is 2. The molecule has 31 heavy (non-hydrogen) atoms. The van der Waals surface area contributed by atoms with Crippen molar-refractivity contribution in [1.29, 1.82) is 0 Å². The molecule has 2 aromatic rings. The molecule has 5 N–H and O–H groups in total. The molecular weight excluding hydrogens is 459 g/mol. The van der Waals surface area contributed by atoms with Gasteiger partial charge in [-0.05, 0) is 12.1 Å². The van der Waals surface area contributed by atoms with Crippen molar-refractivity contribution >= 4 is 40.5 Å². The number of carbonyl (C=O) groups excluding carboxylic acids is 1. The molecule has 1 unspecified atom stereocenters. The van der Waals surface area contributed by atoms with Gasteiger partial charge in [-0.1, -0.05) is 23.2 Å². The van der Waals surface area contributed by atoms with Gasteiger partial charge in [0.1, 0.15) is 17.7 Å². The first-order valence-corrected chi connectivity index (χ1v) is 9.23. The number of amides is 1. The molecule has 1 amide bonds. The SMILES string of the molecule is NC(=O)c1cc(OCCCOc2cc(C(N)O)cc([N+](=O)[O-])c2Cl)c(Cl)c([N+](=O)[O-])c1. The highest BCUT2D eigenvalue weighted by atomic mass is 35.5. The number of carbonyl (C=O) groups is 1. The summed E-state index contributed by atoms with van der Waals surface area (Å²) in [5, 5.41) is 31.1. The van der Waals surface area contributed by atoms with Crippen LogP contribution in [0.3, 0.4) is 0 Å². The van der Waals surface area contributed by atoms with E-state index in [1.54, 1.807) is 0 Å². The van der Waals surface area contributed by atoms with E-state index < -0.39 is 33.4 Å². The lowest BCUT2D eigenvalue weighted by molar-refractivity contribution is -0.385. The van der Waals surface area contributed by atoms with Gasteiger partial charge >= 0.3 is 0 Å². The van der Waals surface area contributed by atoms with Crippen molar-refractivity contribution in [2.45, 2.75) is 12.6 Å². The van der Waals surface area contributed by atoms with Crippen LogP contribution >= 0.6 is 23.2 Å². The monoisotopic (exact) mass is 474 g/mol. The van der Waals surface area contributed by atoms with E-state index in [0.29, 0.717) is 0 Å². The molecule has 0 aliphatic heterocycles. The average molecular weight is 475 g/mol. The van der Waals surface area contributed by atoms with Crippen molar-refractivity contribution in [3.63, 3.8) is 0 Å². The number of aliphatic hydroxyl groups excluding tert-OH is 1. The highest BCUT2D eigenvalue weighted by Crippen LogP contribution is 2.37. The van der Waals surface area contributed by atoms with E-state index in [1.165, 1.54) is 12.1 Å². The summed E-state index contributed by atoms with van der Waals surface area (Å²) in [6, 6.07) is 4.40. The first kappa shape index (κ1) is 24.1. The van der Waals surface area contributed by atoms with Crippen LogP contribution < -0.4 is 20.9 Å². The number of hydrogen-bond donors (Lipinski definition) is 3. The van der Waals surface area contributed by atoms with Gasteiger partial charge in [0.2, 0.25) is 5.91 Å². The Morgan fingerprint density at radius 3 is 1.94 bits per heavy atom. The Kier molecular flexibility index (Phi) is 7.94. The highest BCUT2D eigenvalue weighted by Gasteiger charge is 2.22. The average Bonchev–Trinajstić information content (AvgIpc) is 2.68. The van der Waals surface area contributed by atoms with Crippen molar-refractivity contribution in [1.82, 2.24) is 0 Å². The molecular formula is C17H16Cl2N4O8. The number of primary amides is 1. The number of halogens is 2. The number of benzene rings is 2. The molecule has 0 bridgehead atoms. The summed E-state index contributed by atoms with van der Waals surface area (Å²) in [6.45, 7) is -0.0752. The quantitative estimate of drug-likeness (QED) is 0.200. The molecule has 166 valence electrons. The molecule has 0 aromatic heterocycles. The molecule has 2 rings (SSSR count). The van der Waals surface area contributed by atoms with E-state index in [0.717, 1.165) is 12.1 Å². The molecule has 0 saturated heterocycles. The van der Waals surface area contributed by atoms with Crippen molar-refractivity contribution in [2.24, 2.45) is 11.5 Å². The third-order valence-corrected chi connectivity index (χ3v) is 4.65. The van der Waals surface area contributed by atoms with Gasteiger partial charge in [0.05, 0.1) is 23.1 Å². The molecule has 1 atom stereocenters. The summed E-state index contributed by atoms with van der Waals surface area (Å²) in [7, 11) is 0. The third-order valence-electron chi connectivity index (χ3n) is 3.89. The highest BCUT2D eigenvalue weighted by molar-refractivity contribution is 6.34. The van der Waals surface area contributed by atoms with Gasteiger partial charge < -0.3 is 26.0 Å². The number of hydrogen-bond acceptors (Lipinski definition) is 9. The number of ether oxygens (including phenoxy) is 2. The van der Waals surface area contributed by atoms with Crippen LogP contribution in [-0.4, -0.2) is 34.1 Å². The molecule has 0 aliphatic carbocycles. The Hall–Kier alpha value is -3.19. The van der Waals surface area contributed by atoms with E-state index in [-0.39, 0.29) is 52.3 Å². The lowest BCUT2D eigenvalue weighted by Gasteiger charge is -2.13. The number of nitro benzene ring substituents is 2. The van der Waals surface area contributed by atoms with Crippen LogP contribution in [0, 0.1) is 20.2 Å². The van der Waals surface area contributed by atoms with Crippen LogP contribution in [0.15, 0.2) is 24.3 Å². The van der Waals surface area contributed by atoms with Gasteiger partial charge in [-0.2, -0.15) is 0 Å². The van der Waals surface area contributed by atoms with Gasteiger partial charge in [-0.3, -0.25) is 25.0 Å². The lowest BCUT2D eigenvalue weighted by atomic mass is 10.1. The van der Waals surface area contributed by atoms with Gasteiger partial charge in [0.25, 0.3) is 11.4 Å². The summed E-state index contributed by atoms with van der Waals surface area (Å²) in [6.07, 6.45) is -1.28. The second kappa shape index (κ2) is 10.2. The van der Waals surface area contributed by atoms with Crippen LogP contribution in [0.1, 0.15) is 28.6 Å². The van der Waals surface area contributed by atoms with Gasteiger partial charge in [-0.25, -0.2) is 0 Å². The van der Waals surface area contributed by atoms with Crippen LogP contribution in [0.4, 0.5) is 11.4 Å². The Bertz CT molecular complexity index is 1030. The summed E-state index contributed by atoms with van der Waals surface area (Å²) in [5.41, 5.74) is 9.35. The molecule has 0 saturated carbocycles. The largest absolute Gasteiger partial charge is 0.492 e. The summed E-state index contributed by atoms with van der Waals surface area (Å²) in [5.74, 6) is -1.09. The van der Waals surface area contributed by atoms with Gasteiger partial charge in [0.15, 0.2) is 10.0 Å². The number of nitrogens with zero attached hydrogens (tertiary/aromatic N) is 2. The zero-order valence-electron chi connectivity index (χ0n) is 15.6. The van der Waals surface area contributed by atoms with Crippen molar-refractivity contribution in [2.75, 3.05) is 13.2 Å². The van der Waals surface area contributed by atoms with Crippen LogP contribution in [0.5, 0.6) is 11.5 Å². The minimum absolute atomic E-state index is 0.0315. The Labute approximate surface area is 184 Å². The molecule has 14 heteroatoms. The van der Waals surface area contributed by atoms with Crippen molar-refractivity contribution < 1.29 is 29.2 Å². The minimum Gasteiger partial charge on any atom is -0.492 e. The molecule has 12 nitrogen and oxygen atoms in total. The Morgan fingerprint density at radius 1 is 1.00 bits per heavy atom. The Balaban J connectivity index is 2.07. The number of rotatable bonds is 10. The van der Waals surface area contributed by atoms with E-state index in [1.807, 2.05) is 0 Å². The molecule has 0 radical (unpaired) electrons. The number of nitro groups is 2. The summed E-state index contributed by atoms with van der Waals surface area (Å²) >= 11 is 11.9. The number of aliphatic hydroxyl groups is 1. The first-order chi connectivity index (χ1) is 14.5. The van der Waals surface area contributed by atoms with Crippen LogP contribution in [-0.2, 0) is 0 Å². The topological polar surface area (TPSA) is 194 Å². The van der Waals surface area contributed by atoms with E-state index >= 15 is 0 Å². The smallest absolute Gasteiger partial charge is 0.292 e. The maximum Gasteiger partial charge on any atom is 0.292 e. The molecule has 2 aromatic carbocycles. The summed E-state index contributed by atoms with van der Waals surface area (Å²) < 4.78 is 10.8. The molecule has 0 heterocycles. The fourth-order valence-corrected chi connectivity index (χ4v) is 2.86. The summed E-state index contributed by atoms with van der Waals surface area (Å²) in [4.78, 5) is 32.0. The standard InChI is InChI=1S/C17H16Cl2N4O8/c18-14-10(22(26)27)4-8(16(20)24)6-12(14)30-2-1-3-31-13-7-9(17(21)25)5-11(15(13)19)23(28)29/h4-7,16,24H,1-3,20H2,(H2,21,25).